The maximum Gasteiger partial charge on any atom is 0.152 e. The molecule has 0 radical (unpaired) electrons. The number of rotatable bonds is 7. The van der Waals surface area contributed by atoms with Crippen molar-refractivity contribution in [2.24, 2.45) is 0 Å². The molecule has 5 rings (SSSR count). The minimum absolute atomic E-state index is 0.0320. The van der Waals surface area contributed by atoms with Crippen molar-refractivity contribution in [1.82, 2.24) is 9.97 Å². The minimum Gasteiger partial charge on any atom is -0.494 e. The topological polar surface area (TPSA) is 95.2 Å². The lowest BCUT2D eigenvalue weighted by Crippen LogP contribution is -1.99. The number of aliphatic hydroxyl groups is 1. The first kappa shape index (κ1) is 27.1. The second kappa shape index (κ2) is 11.6. The highest BCUT2D eigenvalue weighted by molar-refractivity contribution is 9.10. The number of aromatic amines is 2. The van der Waals surface area contributed by atoms with Crippen molar-refractivity contribution in [2.45, 2.75) is 6.42 Å². The number of aldehydes is 2. The van der Waals surface area contributed by atoms with E-state index in [1.807, 2.05) is 0 Å². The minimum atomic E-state index is -0.776. The number of carbonyl (C=O) groups excluding carboxylic acids is 2. The number of ether oxygens (including phenoxy) is 1. The summed E-state index contributed by atoms with van der Waals surface area (Å²) in [6.45, 7) is 0.390. The standard InChI is InChI=1S/C18H15F2NO3.C9H4BrF2NO/c19-14-8-15-17(12(10-23)9-21-15)18(20)16(14)11-2-4-13(5-3-11)24-7-1-6-22;10-8-5(11)1-6-7(9(8)12)4(3-14)2-13-6/h2-5,8-10,21-22H,1,6-7H2;1-3,13H. The number of fused-ring (bicyclic) bond motifs is 2. The summed E-state index contributed by atoms with van der Waals surface area (Å²) in [5.41, 5.74) is 0.988. The van der Waals surface area contributed by atoms with Gasteiger partial charge >= 0.3 is 0 Å². The van der Waals surface area contributed by atoms with Gasteiger partial charge in [-0.05, 0) is 45.8 Å². The lowest BCUT2D eigenvalue weighted by atomic mass is 10.0. The predicted octanol–water partition coefficient (Wildman–Crippen LogP) is 6.71. The van der Waals surface area contributed by atoms with Crippen molar-refractivity contribution >= 4 is 50.3 Å². The van der Waals surface area contributed by atoms with Gasteiger partial charge in [0.05, 0.1) is 27.7 Å². The monoisotopic (exact) mass is 590 g/mol. The number of hydrogen-bond donors (Lipinski definition) is 3. The average molecular weight is 591 g/mol. The first-order chi connectivity index (χ1) is 18.3. The van der Waals surface area contributed by atoms with Crippen molar-refractivity contribution in [2.75, 3.05) is 13.2 Å². The van der Waals surface area contributed by atoms with Crippen molar-refractivity contribution in [1.29, 1.82) is 0 Å². The van der Waals surface area contributed by atoms with Crippen LogP contribution in [0.2, 0.25) is 0 Å². The Morgan fingerprint density at radius 3 is 1.95 bits per heavy atom. The third-order valence-corrected chi connectivity index (χ3v) is 6.42. The van der Waals surface area contributed by atoms with Crippen LogP contribution in [0.1, 0.15) is 27.1 Å². The summed E-state index contributed by atoms with van der Waals surface area (Å²) in [6, 6.07) is 8.62. The zero-order valence-corrected chi connectivity index (χ0v) is 21.0. The highest BCUT2D eigenvalue weighted by atomic mass is 79.9. The molecule has 6 nitrogen and oxygen atoms in total. The van der Waals surface area contributed by atoms with Gasteiger partial charge in [-0.2, -0.15) is 0 Å². The molecule has 0 saturated heterocycles. The number of H-pyrrole nitrogens is 2. The van der Waals surface area contributed by atoms with Gasteiger partial charge in [0.1, 0.15) is 29.0 Å². The molecule has 0 aliphatic carbocycles. The van der Waals surface area contributed by atoms with Gasteiger partial charge in [-0.15, -0.1) is 0 Å². The molecular weight excluding hydrogens is 572 g/mol. The summed E-state index contributed by atoms with van der Waals surface area (Å²) in [6.07, 6.45) is 4.24. The lowest BCUT2D eigenvalue weighted by molar-refractivity contribution is 0.111. The molecule has 0 aliphatic heterocycles. The quantitative estimate of drug-likeness (QED) is 0.0849. The summed E-state index contributed by atoms with van der Waals surface area (Å²) in [5.74, 6) is -2.41. The van der Waals surface area contributed by atoms with Crippen LogP contribution in [0, 0.1) is 23.3 Å². The van der Waals surface area contributed by atoms with Crippen LogP contribution >= 0.6 is 15.9 Å². The van der Waals surface area contributed by atoms with Crippen LogP contribution in [0.5, 0.6) is 5.75 Å². The fourth-order valence-corrected chi connectivity index (χ4v) is 4.20. The third kappa shape index (κ3) is 5.20. The molecule has 38 heavy (non-hydrogen) atoms. The molecule has 0 fully saturated rings. The summed E-state index contributed by atoms with van der Waals surface area (Å²) < 4.78 is 60.7. The van der Waals surface area contributed by atoms with E-state index in [4.69, 9.17) is 9.84 Å². The van der Waals surface area contributed by atoms with Gasteiger partial charge in [0.15, 0.2) is 12.6 Å². The maximum atomic E-state index is 14.8. The summed E-state index contributed by atoms with van der Waals surface area (Å²) >= 11 is 2.77. The molecule has 0 aliphatic rings. The van der Waals surface area contributed by atoms with E-state index in [0.29, 0.717) is 36.9 Å². The Morgan fingerprint density at radius 1 is 0.842 bits per heavy atom. The summed E-state index contributed by atoms with van der Waals surface area (Å²) in [7, 11) is 0. The van der Waals surface area contributed by atoms with Gasteiger partial charge in [0.2, 0.25) is 0 Å². The van der Waals surface area contributed by atoms with Gasteiger partial charge in [-0.1, -0.05) is 12.1 Å². The van der Waals surface area contributed by atoms with Gasteiger partial charge < -0.3 is 19.8 Å². The molecule has 11 heteroatoms. The predicted molar refractivity (Wildman–Crippen MR) is 138 cm³/mol. The zero-order chi connectivity index (χ0) is 27.4. The van der Waals surface area contributed by atoms with Crippen LogP contribution in [-0.4, -0.2) is 40.9 Å². The number of carbonyl (C=O) groups is 2. The van der Waals surface area contributed by atoms with Crippen LogP contribution in [-0.2, 0) is 0 Å². The van der Waals surface area contributed by atoms with E-state index < -0.39 is 23.3 Å². The van der Waals surface area contributed by atoms with Crippen molar-refractivity contribution < 1.29 is 37.0 Å². The van der Waals surface area contributed by atoms with E-state index in [2.05, 4.69) is 25.9 Å². The van der Waals surface area contributed by atoms with Crippen LogP contribution in [0.3, 0.4) is 0 Å². The van der Waals surface area contributed by atoms with Crippen LogP contribution < -0.4 is 4.74 Å². The average Bonchev–Trinajstić information content (AvgIpc) is 3.52. The molecule has 196 valence electrons. The molecular formula is C27H19BrF4N2O4. The van der Waals surface area contributed by atoms with Gasteiger partial charge in [0.25, 0.3) is 0 Å². The van der Waals surface area contributed by atoms with Gasteiger partial charge in [-0.25, -0.2) is 17.6 Å². The molecule has 0 amide bonds. The van der Waals surface area contributed by atoms with E-state index in [1.54, 1.807) is 24.3 Å². The molecule has 5 aromatic rings. The van der Waals surface area contributed by atoms with Gasteiger partial charge in [-0.3, -0.25) is 9.59 Å². The molecule has 0 saturated carbocycles. The summed E-state index contributed by atoms with van der Waals surface area (Å²) in [4.78, 5) is 26.9. The second-order valence-electron chi connectivity index (χ2n) is 8.05. The third-order valence-electron chi connectivity index (χ3n) is 5.69. The zero-order valence-electron chi connectivity index (χ0n) is 19.5. The Balaban J connectivity index is 0.000000204. The van der Waals surface area contributed by atoms with E-state index in [1.165, 1.54) is 18.5 Å². The molecule has 0 atom stereocenters. The van der Waals surface area contributed by atoms with Crippen LogP contribution in [0.25, 0.3) is 32.9 Å². The number of hydrogen-bond acceptors (Lipinski definition) is 4. The molecule has 0 unspecified atom stereocenters. The smallest absolute Gasteiger partial charge is 0.152 e. The Hall–Kier alpha value is -3.96. The van der Waals surface area contributed by atoms with Crippen LogP contribution in [0.4, 0.5) is 17.6 Å². The number of aliphatic hydroxyl groups excluding tert-OH is 1. The first-order valence-corrected chi connectivity index (χ1v) is 12.0. The number of benzene rings is 3. The highest BCUT2D eigenvalue weighted by Crippen LogP contribution is 2.34. The van der Waals surface area contributed by atoms with Crippen molar-refractivity contribution in [3.8, 4) is 16.9 Å². The highest BCUT2D eigenvalue weighted by Gasteiger charge is 2.19. The fraction of sp³-hybridized carbons (Fsp3) is 0.111. The molecule has 3 N–H and O–H groups in total. The number of aromatic nitrogens is 2. The second-order valence-corrected chi connectivity index (χ2v) is 8.85. The maximum absolute atomic E-state index is 14.8. The fourth-order valence-electron chi connectivity index (χ4n) is 3.88. The van der Waals surface area contributed by atoms with Crippen LogP contribution in [0.15, 0.2) is 53.3 Å². The molecule has 2 aromatic heterocycles. The Bertz CT molecular complexity index is 1630. The number of halogens is 5. The van der Waals surface area contributed by atoms with Crippen molar-refractivity contribution in [3.05, 3.63) is 87.7 Å². The van der Waals surface area contributed by atoms with E-state index in [0.717, 1.165) is 6.07 Å². The SMILES string of the molecule is O=Cc1c[nH]c2cc(F)c(-c3ccc(OCCCO)cc3)c(F)c12.O=Cc1c[nH]c2cc(F)c(Br)c(F)c12. The Kier molecular flexibility index (Phi) is 8.28. The van der Waals surface area contributed by atoms with E-state index in [9.17, 15) is 27.2 Å². The lowest BCUT2D eigenvalue weighted by Gasteiger charge is -2.09. The first-order valence-electron chi connectivity index (χ1n) is 11.2. The Morgan fingerprint density at radius 2 is 1.39 bits per heavy atom. The van der Waals surface area contributed by atoms with E-state index >= 15 is 0 Å². The largest absolute Gasteiger partial charge is 0.494 e. The van der Waals surface area contributed by atoms with Gasteiger partial charge in [0, 0.05) is 47.3 Å². The molecule has 0 bridgehead atoms. The molecule has 2 heterocycles. The van der Waals surface area contributed by atoms with E-state index in [-0.39, 0.29) is 49.6 Å². The molecule has 3 aromatic carbocycles. The normalized spacial score (nSPS) is 10.9. The Labute approximate surface area is 221 Å². The summed E-state index contributed by atoms with van der Waals surface area (Å²) in [5, 5.41) is 8.90. The molecule has 0 spiro atoms. The number of nitrogens with one attached hydrogen (secondary N) is 2. The van der Waals surface area contributed by atoms with Crippen molar-refractivity contribution in [3.63, 3.8) is 0 Å².